The van der Waals surface area contributed by atoms with Crippen molar-refractivity contribution in [1.82, 2.24) is 5.32 Å². The molecule has 0 aliphatic carbocycles. The third-order valence-corrected chi connectivity index (χ3v) is 4.51. The topological polar surface area (TPSA) is 76.7 Å². The lowest BCUT2D eigenvalue weighted by atomic mass is 10.0. The normalized spacial score (nSPS) is 14.0. The van der Waals surface area contributed by atoms with E-state index in [1.54, 1.807) is 12.1 Å². The molecule has 0 unspecified atom stereocenters. The summed E-state index contributed by atoms with van der Waals surface area (Å²) in [6.07, 6.45) is 0.848. The van der Waals surface area contributed by atoms with Gasteiger partial charge in [-0.25, -0.2) is 0 Å². The Morgan fingerprint density at radius 1 is 1.21 bits per heavy atom. The van der Waals surface area contributed by atoms with Crippen LogP contribution in [-0.2, 0) is 11.2 Å². The molecule has 0 fully saturated rings. The minimum atomic E-state index is -0.229. The van der Waals surface area contributed by atoms with Crippen LogP contribution >= 0.6 is 0 Å². The number of carbonyl (C=O) groups is 2. The number of nitrogens with one attached hydrogen (secondary N) is 2. The summed E-state index contributed by atoms with van der Waals surface area (Å²) in [7, 11) is 0. The number of hydrogen-bond donors (Lipinski definition) is 2. The molecule has 1 aliphatic heterocycles. The lowest BCUT2D eigenvalue weighted by molar-refractivity contribution is -0.114. The maximum atomic E-state index is 12.4. The average molecular weight is 382 g/mol. The highest BCUT2D eigenvalue weighted by molar-refractivity contribution is 5.97. The molecule has 0 spiro atoms. The van der Waals surface area contributed by atoms with Crippen LogP contribution in [0.3, 0.4) is 0 Å². The molecule has 0 atom stereocenters. The quantitative estimate of drug-likeness (QED) is 0.750. The first-order valence-electron chi connectivity index (χ1n) is 9.35. The number of hydrogen-bond acceptors (Lipinski definition) is 4. The number of aryl methyl sites for hydroxylation is 1. The molecule has 3 rings (SSSR count). The summed E-state index contributed by atoms with van der Waals surface area (Å²) in [6.45, 7) is 8.10. The molecule has 0 saturated carbocycles. The SMILES string of the molecule is CC(=O)Nc1cc(C(=O)NCCOc2cccc3c2OC(C)(C)C3)ccc1C. The van der Waals surface area contributed by atoms with E-state index in [0.29, 0.717) is 30.2 Å². The highest BCUT2D eigenvalue weighted by Crippen LogP contribution is 2.41. The summed E-state index contributed by atoms with van der Waals surface area (Å²) in [6, 6.07) is 11.1. The van der Waals surface area contributed by atoms with Crippen molar-refractivity contribution in [2.75, 3.05) is 18.5 Å². The molecule has 1 aliphatic rings. The lowest BCUT2D eigenvalue weighted by Gasteiger charge is -2.18. The molecule has 6 heteroatoms. The molecule has 6 nitrogen and oxygen atoms in total. The summed E-state index contributed by atoms with van der Waals surface area (Å²) in [4.78, 5) is 23.6. The van der Waals surface area contributed by atoms with Gasteiger partial charge in [0.05, 0.1) is 6.54 Å². The van der Waals surface area contributed by atoms with Gasteiger partial charge in [0.1, 0.15) is 12.2 Å². The molecule has 28 heavy (non-hydrogen) atoms. The van der Waals surface area contributed by atoms with Crippen LogP contribution in [0.4, 0.5) is 5.69 Å². The molecule has 2 aromatic rings. The zero-order valence-corrected chi connectivity index (χ0v) is 16.7. The van der Waals surface area contributed by atoms with Gasteiger partial charge >= 0.3 is 0 Å². The second kappa shape index (κ2) is 7.92. The minimum absolute atomic E-state index is 0.171. The number of carbonyl (C=O) groups excluding carboxylic acids is 2. The second-order valence-corrected chi connectivity index (χ2v) is 7.60. The van der Waals surface area contributed by atoms with Gasteiger partial charge in [0, 0.05) is 30.2 Å². The molecule has 2 amide bonds. The van der Waals surface area contributed by atoms with E-state index in [1.165, 1.54) is 6.92 Å². The van der Waals surface area contributed by atoms with Crippen LogP contribution < -0.4 is 20.1 Å². The Balaban J connectivity index is 1.55. The third kappa shape index (κ3) is 4.63. The Morgan fingerprint density at radius 3 is 2.75 bits per heavy atom. The molecule has 2 N–H and O–H groups in total. The summed E-state index contributed by atoms with van der Waals surface area (Å²) < 4.78 is 11.8. The highest BCUT2D eigenvalue weighted by Gasteiger charge is 2.32. The van der Waals surface area contributed by atoms with E-state index in [-0.39, 0.29) is 17.4 Å². The van der Waals surface area contributed by atoms with Crippen molar-refractivity contribution >= 4 is 17.5 Å². The molecule has 0 radical (unpaired) electrons. The van der Waals surface area contributed by atoms with Gasteiger partial charge in [-0.05, 0) is 44.5 Å². The smallest absolute Gasteiger partial charge is 0.251 e. The Labute approximate surface area is 165 Å². The van der Waals surface area contributed by atoms with Crippen molar-refractivity contribution in [2.24, 2.45) is 0 Å². The Morgan fingerprint density at radius 2 is 2.00 bits per heavy atom. The van der Waals surface area contributed by atoms with Gasteiger partial charge in [0.25, 0.3) is 5.91 Å². The van der Waals surface area contributed by atoms with Crippen molar-refractivity contribution in [3.05, 3.63) is 53.1 Å². The van der Waals surface area contributed by atoms with E-state index < -0.39 is 0 Å². The van der Waals surface area contributed by atoms with Crippen LogP contribution in [0.1, 0.15) is 42.3 Å². The maximum absolute atomic E-state index is 12.4. The van der Waals surface area contributed by atoms with Crippen molar-refractivity contribution < 1.29 is 19.1 Å². The molecule has 0 saturated heterocycles. The van der Waals surface area contributed by atoms with Crippen molar-refractivity contribution in [2.45, 2.75) is 39.7 Å². The molecule has 0 aromatic heterocycles. The van der Waals surface area contributed by atoms with Crippen LogP contribution in [-0.4, -0.2) is 30.6 Å². The summed E-state index contributed by atoms with van der Waals surface area (Å²) >= 11 is 0. The number of benzene rings is 2. The molecule has 1 heterocycles. The van der Waals surface area contributed by atoms with Gasteiger partial charge in [0.15, 0.2) is 11.5 Å². The lowest BCUT2D eigenvalue weighted by Crippen LogP contribution is -2.28. The zero-order valence-electron chi connectivity index (χ0n) is 16.7. The Kier molecular flexibility index (Phi) is 5.58. The van der Waals surface area contributed by atoms with Crippen LogP contribution in [0.25, 0.3) is 0 Å². The monoisotopic (exact) mass is 382 g/mol. The summed E-state index contributed by atoms with van der Waals surface area (Å²) in [5.74, 6) is 1.10. The van der Waals surface area contributed by atoms with E-state index in [2.05, 4.69) is 10.6 Å². The van der Waals surface area contributed by atoms with Crippen LogP contribution in [0.5, 0.6) is 11.5 Å². The fourth-order valence-electron chi connectivity index (χ4n) is 3.22. The van der Waals surface area contributed by atoms with Gasteiger partial charge in [0.2, 0.25) is 5.91 Å². The number of para-hydroxylation sites is 1. The van der Waals surface area contributed by atoms with Crippen molar-refractivity contribution in [1.29, 1.82) is 0 Å². The van der Waals surface area contributed by atoms with Gasteiger partial charge in [-0.1, -0.05) is 18.2 Å². The van der Waals surface area contributed by atoms with Gasteiger partial charge in [-0.3, -0.25) is 9.59 Å². The first-order valence-corrected chi connectivity index (χ1v) is 9.35. The van der Waals surface area contributed by atoms with Gasteiger partial charge in [-0.15, -0.1) is 0 Å². The number of anilines is 1. The minimum Gasteiger partial charge on any atom is -0.488 e. The first-order chi connectivity index (χ1) is 13.2. The van der Waals surface area contributed by atoms with E-state index in [4.69, 9.17) is 9.47 Å². The number of rotatable bonds is 6. The number of ether oxygens (including phenoxy) is 2. The average Bonchev–Trinajstić information content (AvgIpc) is 2.94. The summed E-state index contributed by atoms with van der Waals surface area (Å²) in [5.41, 5.74) is 2.93. The van der Waals surface area contributed by atoms with Crippen LogP contribution in [0.15, 0.2) is 36.4 Å². The second-order valence-electron chi connectivity index (χ2n) is 7.60. The standard InChI is InChI=1S/C22H26N2O4/c1-14-8-9-16(12-18(14)24-15(2)25)21(26)23-10-11-27-19-7-5-6-17-13-22(3,4)28-20(17)19/h5-9,12H,10-11,13H2,1-4H3,(H,23,26)(H,24,25). The predicted molar refractivity (Wildman–Crippen MR) is 108 cm³/mol. The van der Waals surface area contributed by atoms with Gasteiger partial charge in [-0.2, -0.15) is 0 Å². The number of amides is 2. The third-order valence-electron chi connectivity index (χ3n) is 4.51. The van der Waals surface area contributed by atoms with Crippen molar-refractivity contribution in [3.63, 3.8) is 0 Å². The predicted octanol–water partition coefficient (Wildman–Crippen LogP) is 3.48. The van der Waals surface area contributed by atoms with Gasteiger partial charge < -0.3 is 20.1 Å². The Bertz CT molecular complexity index is 905. The molecule has 0 bridgehead atoms. The maximum Gasteiger partial charge on any atom is 0.251 e. The summed E-state index contributed by atoms with van der Waals surface area (Å²) in [5, 5.41) is 5.57. The number of fused-ring (bicyclic) bond motifs is 1. The fourth-order valence-corrected chi connectivity index (χ4v) is 3.22. The van der Waals surface area contributed by atoms with Crippen LogP contribution in [0, 0.1) is 6.92 Å². The first kappa shape index (κ1) is 19.7. The largest absolute Gasteiger partial charge is 0.488 e. The molecular formula is C22H26N2O4. The van der Waals surface area contributed by atoms with E-state index in [9.17, 15) is 9.59 Å². The Hall–Kier alpha value is -3.02. The molecule has 148 valence electrons. The van der Waals surface area contributed by atoms with E-state index in [1.807, 2.05) is 45.0 Å². The van der Waals surface area contributed by atoms with E-state index >= 15 is 0 Å². The van der Waals surface area contributed by atoms with Crippen molar-refractivity contribution in [3.8, 4) is 11.5 Å². The van der Waals surface area contributed by atoms with Crippen LogP contribution in [0.2, 0.25) is 0 Å². The van der Waals surface area contributed by atoms with E-state index in [0.717, 1.165) is 23.3 Å². The fraction of sp³-hybridized carbons (Fsp3) is 0.364. The zero-order chi connectivity index (χ0) is 20.3. The highest BCUT2D eigenvalue weighted by atomic mass is 16.5. The molecular weight excluding hydrogens is 356 g/mol. The molecule has 2 aromatic carbocycles.